The van der Waals surface area contributed by atoms with Crippen molar-refractivity contribution in [1.29, 1.82) is 0 Å². The van der Waals surface area contributed by atoms with Crippen molar-refractivity contribution in [2.24, 2.45) is 0 Å². The molecule has 0 fully saturated rings. The molecule has 116 valence electrons. The van der Waals surface area contributed by atoms with Crippen LogP contribution in [0.15, 0.2) is 42.5 Å². The summed E-state index contributed by atoms with van der Waals surface area (Å²) in [6.45, 7) is 4.82. The number of hydrogen-bond donors (Lipinski definition) is 2. The predicted molar refractivity (Wildman–Crippen MR) is 84.8 cm³/mol. The first-order chi connectivity index (χ1) is 10.5. The topological polar surface area (TPSA) is 50.4 Å². The molecule has 2 rings (SSSR count). The van der Waals surface area contributed by atoms with Crippen molar-refractivity contribution in [3.63, 3.8) is 0 Å². The van der Waals surface area contributed by atoms with E-state index in [9.17, 15) is 9.18 Å². The van der Waals surface area contributed by atoms with Crippen molar-refractivity contribution in [3.05, 3.63) is 59.4 Å². The Balaban J connectivity index is 1.70. The largest absolute Gasteiger partial charge is 0.492 e. The van der Waals surface area contributed by atoms with Crippen LogP contribution in [0.1, 0.15) is 11.1 Å². The van der Waals surface area contributed by atoms with Crippen LogP contribution in [0.5, 0.6) is 5.75 Å². The Hall–Kier alpha value is -2.56. The van der Waals surface area contributed by atoms with E-state index in [1.165, 1.54) is 35.4 Å². The molecule has 2 N–H and O–H groups in total. The van der Waals surface area contributed by atoms with Gasteiger partial charge in [-0.1, -0.05) is 6.07 Å². The number of benzene rings is 2. The van der Waals surface area contributed by atoms with E-state index >= 15 is 0 Å². The van der Waals surface area contributed by atoms with E-state index in [-0.39, 0.29) is 11.8 Å². The summed E-state index contributed by atoms with van der Waals surface area (Å²) in [4.78, 5) is 11.6. The van der Waals surface area contributed by atoms with Crippen LogP contribution in [0.2, 0.25) is 0 Å². The molecule has 0 spiro atoms. The molecule has 0 heterocycles. The Kier molecular flexibility index (Phi) is 5.36. The molecule has 2 aromatic carbocycles. The lowest BCUT2D eigenvalue weighted by atomic mass is 10.1. The van der Waals surface area contributed by atoms with Crippen molar-refractivity contribution in [1.82, 2.24) is 5.32 Å². The minimum absolute atomic E-state index is 0.340. The highest BCUT2D eigenvalue weighted by molar-refractivity contribution is 5.89. The van der Waals surface area contributed by atoms with Gasteiger partial charge in [0.25, 0.3) is 0 Å². The summed E-state index contributed by atoms with van der Waals surface area (Å²) in [5, 5.41) is 5.29. The Morgan fingerprint density at radius 3 is 2.50 bits per heavy atom. The molecule has 0 saturated carbocycles. The van der Waals surface area contributed by atoms with E-state index in [2.05, 4.69) is 10.6 Å². The maximum absolute atomic E-state index is 12.7. The maximum Gasteiger partial charge on any atom is 0.319 e. The summed E-state index contributed by atoms with van der Waals surface area (Å²) in [5.74, 6) is 0.441. The second-order valence-corrected chi connectivity index (χ2v) is 4.98. The Labute approximate surface area is 129 Å². The monoisotopic (exact) mass is 302 g/mol. The van der Waals surface area contributed by atoms with E-state index in [0.717, 1.165) is 5.75 Å². The second kappa shape index (κ2) is 7.45. The van der Waals surface area contributed by atoms with Gasteiger partial charge in [0.15, 0.2) is 0 Å². The third-order valence-corrected chi connectivity index (χ3v) is 3.24. The third-order valence-electron chi connectivity index (χ3n) is 3.24. The molecule has 0 aliphatic rings. The average Bonchev–Trinajstić information content (AvgIpc) is 2.49. The predicted octanol–water partition coefficient (Wildman–Crippen LogP) is 3.64. The summed E-state index contributed by atoms with van der Waals surface area (Å²) < 4.78 is 18.3. The summed E-state index contributed by atoms with van der Waals surface area (Å²) in [5.41, 5.74) is 2.91. The number of carbonyl (C=O) groups excluding carboxylic acids is 1. The van der Waals surface area contributed by atoms with Crippen LogP contribution >= 0.6 is 0 Å². The SMILES string of the molecule is Cc1ccc(OCCNC(=O)Nc2ccc(F)cc2)cc1C. The number of halogens is 1. The Morgan fingerprint density at radius 2 is 1.82 bits per heavy atom. The molecular formula is C17H19FN2O2. The number of anilines is 1. The van der Waals surface area contributed by atoms with E-state index < -0.39 is 0 Å². The molecule has 0 atom stereocenters. The molecule has 4 nitrogen and oxygen atoms in total. The third kappa shape index (κ3) is 4.77. The number of hydrogen-bond acceptors (Lipinski definition) is 2. The van der Waals surface area contributed by atoms with Gasteiger partial charge < -0.3 is 15.4 Å². The smallest absolute Gasteiger partial charge is 0.319 e. The average molecular weight is 302 g/mol. The number of ether oxygens (including phenoxy) is 1. The molecule has 22 heavy (non-hydrogen) atoms. The van der Waals surface area contributed by atoms with E-state index in [1.807, 2.05) is 32.0 Å². The standard InChI is InChI=1S/C17H19FN2O2/c1-12-3-8-16(11-13(12)2)22-10-9-19-17(21)20-15-6-4-14(18)5-7-15/h3-8,11H,9-10H2,1-2H3,(H2,19,20,21). The van der Waals surface area contributed by atoms with Gasteiger partial charge in [-0.3, -0.25) is 0 Å². The van der Waals surface area contributed by atoms with E-state index in [0.29, 0.717) is 18.8 Å². The molecule has 0 saturated heterocycles. The van der Waals surface area contributed by atoms with Crippen LogP contribution in [0.3, 0.4) is 0 Å². The van der Waals surface area contributed by atoms with Gasteiger partial charge in [0.1, 0.15) is 18.2 Å². The zero-order valence-corrected chi connectivity index (χ0v) is 12.7. The number of nitrogens with one attached hydrogen (secondary N) is 2. The van der Waals surface area contributed by atoms with Crippen LogP contribution in [0.25, 0.3) is 0 Å². The molecule has 0 bridgehead atoms. The molecule has 5 heteroatoms. The Bertz CT molecular complexity index is 642. The molecule has 0 aliphatic heterocycles. The summed E-state index contributed by atoms with van der Waals surface area (Å²) >= 11 is 0. The molecule has 0 aliphatic carbocycles. The molecule has 0 unspecified atom stereocenters. The molecule has 2 amide bonds. The van der Waals surface area contributed by atoms with Gasteiger partial charge >= 0.3 is 6.03 Å². The minimum atomic E-state index is -0.352. The normalized spacial score (nSPS) is 10.1. The number of rotatable bonds is 5. The molecule has 0 radical (unpaired) electrons. The van der Waals surface area contributed by atoms with Crippen molar-refractivity contribution in [3.8, 4) is 5.75 Å². The van der Waals surface area contributed by atoms with Gasteiger partial charge in [-0.2, -0.15) is 0 Å². The fourth-order valence-corrected chi connectivity index (χ4v) is 1.85. The zero-order chi connectivity index (χ0) is 15.9. The number of aryl methyl sites for hydroxylation is 2. The first-order valence-corrected chi connectivity index (χ1v) is 7.05. The highest BCUT2D eigenvalue weighted by Gasteiger charge is 2.02. The zero-order valence-electron chi connectivity index (χ0n) is 12.7. The van der Waals surface area contributed by atoms with Crippen LogP contribution in [-0.4, -0.2) is 19.2 Å². The first-order valence-electron chi connectivity index (χ1n) is 7.05. The molecule has 0 aromatic heterocycles. The van der Waals surface area contributed by atoms with Crippen LogP contribution in [0, 0.1) is 19.7 Å². The maximum atomic E-state index is 12.7. The fraction of sp³-hybridized carbons (Fsp3) is 0.235. The Morgan fingerprint density at radius 1 is 1.09 bits per heavy atom. The number of carbonyl (C=O) groups is 1. The van der Waals surface area contributed by atoms with Gasteiger partial charge in [-0.25, -0.2) is 9.18 Å². The fourth-order valence-electron chi connectivity index (χ4n) is 1.85. The highest BCUT2D eigenvalue weighted by atomic mass is 19.1. The number of amides is 2. The van der Waals surface area contributed by atoms with Crippen LogP contribution in [-0.2, 0) is 0 Å². The van der Waals surface area contributed by atoms with Crippen molar-refractivity contribution in [2.75, 3.05) is 18.5 Å². The second-order valence-electron chi connectivity index (χ2n) is 4.98. The quantitative estimate of drug-likeness (QED) is 0.828. The minimum Gasteiger partial charge on any atom is -0.492 e. The highest BCUT2D eigenvalue weighted by Crippen LogP contribution is 2.16. The summed E-state index contributed by atoms with van der Waals surface area (Å²) in [7, 11) is 0. The van der Waals surface area contributed by atoms with Crippen molar-refractivity contribution < 1.29 is 13.9 Å². The number of urea groups is 1. The lowest BCUT2D eigenvalue weighted by Gasteiger charge is -2.10. The van der Waals surface area contributed by atoms with Gasteiger partial charge in [0.2, 0.25) is 0 Å². The van der Waals surface area contributed by atoms with Gasteiger partial charge in [-0.05, 0) is 61.4 Å². The first kappa shape index (κ1) is 15.8. The van der Waals surface area contributed by atoms with Gasteiger partial charge in [0, 0.05) is 5.69 Å². The van der Waals surface area contributed by atoms with Gasteiger partial charge in [-0.15, -0.1) is 0 Å². The molecular weight excluding hydrogens is 283 g/mol. The lowest BCUT2D eigenvalue weighted by Crippen LogP contribution is -2.32. The molecule has 2 aromatic rings. The summed E-state index contributed by atoms with van der Waals surface area (Å²) in [6, 6.07) is 11.1. The van der Waals surface area contributed by atoms with E-state index in [1.54, 1.807) is 0 Å². The van der Waals surface area contributed by atoms with Gasteiger partial charge in [0.05, 0.1) is 6.54 Å². The van der Waals surface area contributed by atoms with Crippen LogP contribution in [0.4, 0.5) is 14.9 Å². The van der Waals surface area contributed by atoms with E-state index in [4.69, 9.17) is 4.74 Å². The lowest BCUT2D eigenvalue weighted by molar-refractivity contribution is 0.247. The van der Waals surface area contributed by atoms with Crippen molar-refractivity contribution in [2.45, 2.75) is 13.8 Å². The summed E-state index contributed by atoms with van der Waals surface area (Å²) in [6.07, 6.45) is 0. The van der Waals surface area contributed by atoms with Crippen molar-refractivity contribution >= 4 is 11.7 Å². The van der Waals surface area contributed by atoms with Crippen LogP contribution < -0.4 is 15.4 Å².